The summed E-state index contributed by atoms with van der Waals surface area (Å²) in [4.78, 5) is 24.9. The van der Waals surface area contributed by atoms with E-state index in [-0.39, 0.29) is 17.9 Å². The van der Waals surface area contributed by atoms with E-state index >= 15 is 0 Å². The fourth-order valence-corrected chi connectivity index (χ4v) is 6.31. The van der Waals surface area contributed by atoms with Gasteiger partial charge in [-0.3, -0.25) is 4.79 Å². The molecule has 57 heavy (non-hydrogen) atoms. The highest BCUT2D eigenvalue weighted by molar-refractivity contribution is 6.03. The average molecular weight is 776 g/mol. The van der Waals surface area contributed by atoms with Crippen molar-refractivity contribution in [1.82, 2.24) is 20.4 Å². The van der Waals surface area contributed by atoms with Gasteiger partial charge in [0.05, 0.1) is 11.7 Å². The Labute approximate surface area is 327 Å². The minimum atomic E-state index is -4.83. The zero-order chi connectivity index (χ0) is 39.8. The van der Waals surface area contributed by atoms with Crippen LogP contribution in [-0.2, 0) is 25.9 Å². The van der Waals surface area contributed by atoms with E-state index in [1.165, 1.54) is 12.1 Å². The number of carbonyl (C=O) groups is 2. The number of anilines is 1. The highest BCUT2D eigenvalue weighted by Gasteiger charge is 2.36. The summed E-state index contributed by atoms with van der Waals surface area (Å²) >= 11 is 0. The number of hydrogen-bond donors (Lipinski definition) is 4. The molecule has 1 atom stereocenters. The van der Waals surface area contributed by atoms with Gasteiger partial charge in [0, 0.05) is 23.9 Å². The molecule has 1 aliphatic rings. The Morgan fingerprint density at radius 1 is 0.789 bits per heavy atom. The second kappa shape index (κ2) is 17.5. The highest BCUT2D eigenvalue weighted by Crippen LogP contribution is 2.37. The van der Waals surface area contributed by atoms with Crippen LogP contribution in [0.3, 0.4) is 0 Å². The lowest BCUT2D eigenvalue weighted by molar-refractivity contribution is -0.141. The first-order valence-electron chi connectivity index (χ1n) is 18.4. The molecule has 13 heteroatoms. The molecule has 1 aromatic heterocycles. The van der Waals surface area contributed by atoms with Gasteiger partial charge in [0.25, 0.3) is 5.91 Å². The Hall–Kier alpha value is -6.60. The number of ether oxygens (including phenoxy) is 2. The number of alkyl halides is 3. The molecule has 1 heterocycles. The summed E-state index contributed by atoms with van der Waals surface area (Å²) in [5.74, 6) is 0.969. The number of hydrogen-bond acceptors (Lipinski definition) is 6. The maximum absolute atomic E-state index is 14.0. The van der Waals surface area contributed by atoms with E-state index in [1.807, 2.05) is 84.9 Å². The summed E-state index contributed by atoms with van der Waals surface area (Å²) in [6.07, 6.45) is -3.87. The van der Waals surface area contributed by atoms with Crippen molar-refractivity contribution < 1.29 is 37.3 Å². The molecule has 0 saturated heterocycles. The topological polar surface area (TPSA) is 127 Å². The molecule has 1 fully saturated rings. The predicted molar refractivity (Wildman–Crippen MR) is 208 cm³/mol. The zero-order valence-corrected chi connectivity index (χ0v) is 30.7. The van der Waals surface area contributed by atoms with Crippen LogP contribution in [0.5, 0.6) is 11.5 Å². The van der Waals surface area contributed by atoms with Gasteiger partial charge in [-0.05, 0) is 90.0 Å². The average Bonchev–Trinajstić information content (AvgIpc) is 3.93. The molecule has 0 aliphatic heterocycles. The molecule has 7 rings (SSSR count). The summed E-state index contributed by atoms with van der Waals surface area (Å²) in [5, 5.41) is 21.5. The van der Waals surface area contributed by atoms with Crippen LogP contribution < -0.4 is 25.4 Å². The third-order valence-electron chi connectivity index (χ3n) is 9.39. The third-order valence-corrected chi connectivity index (χ3v) is 9.39. The van der Waals surface area contributed by atoms with Crippen molar-refractivity contribution in [2.75, 3.05) is 11.9 Å². The highest BCUT2D eigenvalue weighted by atomic mass is 19.4. The number of nitrogens with one attached hydrogen (secondary N) is 3. The Bertz CT molecular complexity index is 2310. The minimum Gasteiger partial charge on any atom is -0.489 e. The largest absolute Gasteiger partial charge is 0.489 e. The van der Waals surface area contributed by atoms with E-state index in [4.69, 9.17) is 14.6 Å². The third kappa shape index (κ3) is 10.4. The number of nitrogens with zero attached hydrogens (tertiary/aromatic N) is 2. The monoisotopic (exact) mass is 775 g/mol. The molecule has 1 saturated carbocycles. The first-order valence-corrected chi connectivity index (χ1v) is 18.4. The number of amides is 2. The summed E-state index contributed by atoms with van der Waals surface area (Å²) in [7, 11) is 0. The van der Waals surface area contributed by atoms with E-state index in [1.54, 1.807) is 30.3 Å². The van der Waals surface area contributed by atoms with E-state index in [2.05, 4.69) is 21.0 Å². The molecular weight excluding hydrogens is 736 g/mol. The summed E-state index contributed by atoms with van der Waals surface area (Å²) in [6, 6.07) is 38.9. The van der Waals surface area contributed by atoms with Crippen molar-refractivity contribution in [3.63, 3.8) is 0 Å². The van der Waals surface area contributed by atoms with Gasteiger partial charge in [-0.2, -0.15) is 18.3 Å². The number of halogens is 3. The fourth-order valence-electron chi connectivity index (χ4n) is 6.31. The lowest BCUT2D eigenvalue weighted by Crippen LogP contribution is -2.25. The lowest BCUT2D eigenvalue weighted by Gasteiger charge is -2.24. The van der Waals surface area contributed by atoms with Crippen LogP contribution in [-0.4, -0.2) is 33.4 Å². The van der Waals surface area contributed by atoms with Gasteiger partial charge < -0.3 is 30.5 Å². The van der Waals surface area contributed by atoms with Gasteiger partial charge in [-0.25, -0.2) is 9.48 Å². The lowest BCUT2D eigenvalue weighted by atomic mass is 9.96. The van der Waals surface area contributed by atoms with Gasteiger partial charge in [0.2, 0.25) is 0 Å². The standard InChI is InChI=1S/C44H40F3N5O5/c45-44(46,47)40-24-38(52(51-40)35-16-7-13-32(21-35)26-49-43(54)55)42(53)50-34-15-8-14-33(22-34)41(48-25-29-17-18-29)37-23-36(56-27-30-9-3-1-4-10-30)19-20-39(37)57-28-31-11-5-2-6-12-31/h1-16,19-24,29,41,48-49H,17-18,25-28H2,(H,50,53)(H,54,55). The van der Waals surface area contributed by atoms with Crippen LogP contribution in [0.15, 0.2) is 133 Å². The zero-order valence-electron chi connectivity index (χ0n) is 30.7. The Balaban J connectivity index is 1.20. The van der Waals surface area contributed by atoms with Crippen LogP contribution in [0.1, 0.15) is 62.9 Å². The Morgan fingerprint density at radius 2 is 1.47 bits per heavy atom. The van der Waals surface area contributed by atoms with Crippen LogP contribution >= 0.6 is 0 Å². The van der Waals surface area contributed by atoms with Crippen LogP contribution in [0, 0.1) is 5.92 Å². The van der Waals surface area contributed by atoms with Crippen molar-refractivity contribution in [2.24, 2.45) is 5.92 Å². The molecule has 10 nitrogen and oxygen atoms in total. The first kappa shape index (κ1) is 38.7. The summed E-state index contributed by atoms with van der Waals surface area (Å²) < 4.78 is 55.4. The van der Waals surface area contributed by atoms with E-state index in [0.29, 0.717) is 47.9 Å². The van der Waals surface area contributed by atoms with Crippen LogP contribution in [0.4, 0.5) is 23.7 Å². The number of rotatable bonds is 16. The van der Waals surface area contributed by atoms with Gasteiger partial charge in [0.15, 0.2) is 5.69 Å². The van der Waals surface area contributed by atoms with Crippen LogP contribution in [0.25, 0.3) is 5.69 Å². The fraction of sp³-hybridized carbons (Fsp3) is 0.205. The minimum absolute atomic E-state index is 0.0953. The number of aromatic nitrogens is 2. The molecule has 0 bridgehead atoms. The van der Waals surface area contributed by atoms with Gasteiger partial charge >= 0.3 is 12.3 Å². The van der Waals surface area contributed by atoms with Crippen molar-refractivity contribution in [3.8, 4) is 17.2 Å². The van der Waals surface area contributed by atoms with Crippen LogP contribution in [0.2, 0.25) is 0 Å². The molecule has 0 spiro atoms. The number of carbonyl (C=O) groups excluding carboxylic acids is 1. The second-order valence-corrected chi connectivity index (χ2v) is 13.8. The van der Waals surface area contributed by atoms with Gasteiger partial charge in [0.1, 0.15) is 30.4 Å². The maximum atomic E-state index is 14.0. The molecule has 1 unspecified atom stereocenters. The maximum Gasteiger partial charge on any atom is 0.435 e. The summed E-state index contributed by atoms with van der Waals surface area (Å²) in [5.41, 5.74) is 2.95. The van der Waals surface area contributed by atoms with Crippen molar-refractivity contribution in [1.29, 1.82) is 0 Å². The van der Waals surface area contributed by atoms with Crippen molar-refractivity contribution >= 4 is 17.7 Å². The van der Waals surface area contributed by atoms with Crippen molar-refractivity contribution in [2.45, 2.75) is 44.8 Å². The Kier molecular flexibility index (Phi) is 11.8. The molecule has 5 aromatic carbocycles. The number of carboxylic acid groups (broad SMARTS) is 1. The molecule has 1 aliphatic carbocycles. The SMILES string of the molecule is O=C(O)NCc1cccc(-n2nc(C(F)(F)F)cc2C(=O)Nc2cccc(C(NCC3CC3)c3cc(OCc4ccccc4)ccc3OCc3ccccc3)c2)c1. The Morgan fingerprint density at radius 3 is 2.16 bits per heavy atom. The quantitative estimate of drug-likeness (QED) is 0.0773. The van der Waals surface area contributed by atoms with Crippen molar-refractivity contribution in [3.05, 3.63) is 173 Å². The molecule has 4 N–H and O–H groups in total. The van der Waals surface area contributed by atoms with Gasteiger partial charge in [-0.1, -0.05) is 84.9 Å². The normalized spacial score (nSPS) is 13.1. The molecule has 2 amide bonds. The molecule has 0 radical (unpaired) electrons. The smallest absolute Gasteiger partial charge is 0.435 e. The van der Waals surface area contributed by atoms with E-state index < -0.39 is 29.9 Å². The number of benzene rings is 5. The van der Waals surface area contributed by atoms with Gasteiger partial charge in [-0.15, -0.1) is 0 Å². The predicted octanol–water partition coefficient (Wildman–Crippen LogP) is 9.16. The molecule has 6 aromatic rings. The second-order valence-electron chi connectivity index (χ2n) is 13.8. The van der Waals surface area contributed by atoms with E-state index in [0.717, 1.165) is 46.3 Å². The van der Waals surface area contributed by atoms with E-state index in [9.17, 15) is 22.8 Å². The first-order chi connectivity index (χ1) is 27.6. The molecular formula is C44H40F3N5O5. The molecule has 292 valence electrons. The summed E-state index contributed by atoms with van der Waals surface area (Å²) in [6.45, 7) is 1.33.